The second kappa shape index (κ2) is 3.43. The number of aromatic amines is 1. The minimum atomic E-state index is 0.707. The average Bonchev–Trinajstić information content (AvgIpc) is 2.73. The lowest BCUT2D eigenvalue weighted by Gasteiger charge is -1.96. The number of aromatic nitrogens is 3. The van der Waals surface area contributed by atoms with Gasteiger partial charge in [0.05, 0.1) is 11.0 Å². The number of halogens is 1. The van der Waals surface area contributed by atoms with Crippen LogP contribution in [0.25, 0.3) is 33.1 Å². The molecule has 0 aliphatic carbocycles. The lowest BCUT2D eigenvalue weighted by atomic mass is 10.2. The first kappa shape index (κ1) is 9.85. The predicted octanol–water partition coefficient (Wildman–Crippen LogP) is 3.92. The summed E-state index contributed by atoms with van der Waals surface area (Å²) in [6.07, 6.45) is 0. The van der Waals surface area contributed by atoms with Crippen molar-refractivity contribution >= 4 is 44.7 Å². The highest BCUT2D eigenvalue weighted by atomic mass is 35.5. The second-order valence-electron chi connectivity index (χ2n) is 4.22. The Morgan fingerprint density at radius 3 is 2.56 bits per heavy atom. The Hall–Kier alpha value is -2.13. The molecule has 86 valence electrons. The van der Waals surface area contributed by atoms with Gasteiger partial charge in [0.1, 0.15) is 5.52 Å². The average molecular weight is 254 g/mol. The molecule has 0 saturated carbocycles. The minimum Gasteiger partial charge on any atom is -0.338 e. The number of H-pyrrole nitrogens is 1. The summed E-state index contributed by atoms with van der Waals surface area (Å²) in [4.78, 5) is 12.5. The van der Waals surface area contributed by atoms with Crippen molar-refractivity contribution in [2.24, 2.45) is 0 Å². The van der Waals surface area contributed by atoms with E-state index in [1.54, 1.807) is 0 Å². The number of benzene rings is 2. The van der Waals surface area contributed by atoms with Gasteiger partial charge in [-0.2, -0.15) is 0 Å². The third-order valence-electron chi connectivity index (χ3n) is 3.06. The molecule has 0 atom stereocenters. The van der Waals surface area contributed by atoms with Gasteiger partial charge in [-0.15, -0.1) is 0 Å². The molecule has 4 heteroatoms. The lowest BCUT2D eigenvalue weighted by molar-refractivity contribution is 1.36. The van der Waals surface area contributed by atoms with Gasteiger partial charge in [0.2, 0.25) is 0 Å². The van der Waals surface area contributed by atoms with E-state index in [0.29, 0.717) is 5.02 Å². The van der Waals surface area contributed by atoms with Crippen LogP contribution in [0, 0.1) is 0 Å². The van der Waals surface area contributed by atoms with Gasteiger partial charge in [-0.25, -0.2) is 9.97 Å². The zero-order valence-electron chi connectivity index (χ0n) is 9.31. The molecule has 0 radical (unpaired) electrons. The van der Waals surface area contributed by atoms with Gasteiger partial charge in [0, 0.05) is 15.9 Å². The first-order valence-electron chi connectivity index (χ1n) is 5.65. The zero-order valence-corrected chi connectivity index (χ0v) is 10.1. The summed E-state index contributed by atoms with van der Waals surface area (Å²) in [7, 11) is 0. The first-order valence-corrected chi connectivity index (χ1v) is 6.03. The van der Waals surface area contributed by atoms with Crippen molar-refractivity contribution in [3.8, 4) is 0 Å². The Balaban J connectivity index is 2.25. The van der Waals surface area contributed by atoms with Gasteiger partial charge >= 0.3 is 0 Å². The maximum Gasteiger partial charge on any atom is 0.157 e. The van der Waals surface area contributed by atoms with Crippen LogP contribution in [0.2, 0.25) is 5.02 Å². The second-order valence-corrected chi connectivity index (χ2v) is 4.66. The van der Waals surface area contributed by atoms with Gasteiger partial charge in [-0.3, -0.25) is 0 Å². The fourth-order valence-corrected chi connectivity index (χ4v) is 2.40. The number of hydrogen-bond donors (Lipinski definition) is 1. The van der Waals surface area contributed by atoms with E-state index in [9.17, 15) is 0 Å². The normalized spacial score (nSPS) is 11.6. The third-order valence-corrected chi connectivity index (χ3v) is 3.30. The number of para-hydroxylation sites is 2. The molecule has 0 fully saturated rings. The van der Waals surface area contributed by atoms with E-state index in [0.717, 1.165) is 33.1 Å². The highest BCUT2D eigenvalue weighted by molar-refractivity contribution is 6.31. The van der Waals surface area contributed by atoms with E-state index in [4.69, 9.17) is 11.6 Å². The quantitative estimate of drug-likeness (QED) is 0.516. The van der Waals surface area contributed by atoms with Crippen molar-refractivity contribution in [1.82, 2.24) is 15.0 Å². The van der Waals surface area contributed by atoms with Crippen LogP contribution in [0.15, 0.2) is 42.5 Å². The van der Waals surface area contributed by atoms with Crippen molar-refractivity contribution in [3.05, 3.63) is 47.5 Å². The smallest absolute Gasteiger partial charge is 0.157 e. The van der Waals surface area contributed by atoms with Crippen LogP contribution in [0.1, 0.15) is 0 Å². The van der Waals surface area contributed by atoms with Crippen LogP contribution in [-0.4, -0.2) is 15.0 Å². The molecule has 0 aliphatic heterocycles. The molecule has 0 aliphatic rings. The van der Waals surface area contributed by atoms with Crippen LogP contribution in [0.4, 0.5) is 0 Å². The topological polar surface area (TPSA) is 41.6 Å². The summed E-state index contributed by atoms with van der Waals surface area (Å²) in [6.45, 7) is 0. The minimum absolute atomic E-state index is 0.707. The van der Waals surface area contributed by atoms with Crippen LogP contribution < -0.4 is 0 Å². The SMILES string of the molecule is Clc1ccc2[nH]c3nc4ccccc4nc3c2c1. The Kier molecular flexibility index (Phi) is 1.88. The van der Waals surface area contributed by atoms with Crippen LogP contribution in [0.3, 0.4) is 0 Å². The summed E-state index contributed by atoms with van der Waals surface area (Å²) in [6, 6.07) is 13.6. The summed E-state index contributed by atoms with van der Waals surface area (Å²) in [5, 5.41) is 1.72. The summed E-state index contributed by atoms with van der Waals surface area (Å²) in [5.41, 5.74) is 4.45. The molecule has 2 aromatic heterocycles. The van der Waals surface area contributed by atoms with Gasteiger partial charge in [0.15, 0.2) is 5.65 Å². The molecule has 4 rings (SSSR count). The number of fused-ring (bicyclic) bond motifs is 4. The Bertz CT molecular complexity index is 895. The standard InChI is InChI=1S/C14H8ClN3/c15-8-5-6-10-9(7-8)13-14(17-10)18-12-4-2-1-3-11(12)16-13/h1-7H,(H,17,18). The van der Waals surface area contributed by atoms with E-state index in [1.807, 2.05) is 42.5 Å². The summed E-state index contributed by atoms with van der Waals surface area (Å²) < 4.78 is 0. The molecular weight excluding hydrogens is 246 g/mol. The van der Waals surface area contributed by atoms with E-state index in [2.05, 4.69) is 15.0 Å². The molecule has 4 aromatic rings. The number of hydrogen-bond acceptors (Lipinski definition) is 2. The van der Waals surface area contributed by atoms with Crippen LogP contribution >= 0.6 is 11.6 Å². The Labute approximate surface area is 107 Å². The van der Waals surface area contributed by atoms with Crippen molar-refractivity contribution in [3.63, 3.8) is 0 Å². The van der Waals surface area contributed by atoms with E-state index in [-0.39, 0.29) is 0 Å². The predicted molar refractivity (Wildman–Crippen MR) is 73.9 cm³/mol. The maximum absolute atomic E-state index is 6.03. The molecule has 0 spiro atoms. The van der Waals surface area contributed by atoms with Crippen molar-refractivity contribution in [2.45, 2.75) is 0 Å². The lowest BCUT2D eigenvalue weighted by Crippen LogP contribution is -1.84. The largest absolute Gasteiger partial charge is 0.338 e. The van der Waals surface area contributed by atoms with Crippen molar-refractivity contribution in [2.75, 3.05) is 0 Å². The van der Waals surface area contributed by atoms with Crippen LogP contribution in [0.5, 0.6) is 0 Å². The summed E-state index contributed by atoms with van der Waals surface area (Å²) in [5.74, 6) is 0. The molecule has 0 bridgehead atoms. The molecule has 0 unspecified atom stereocenters. The molecule has 3 nitrogen and oxygen atoms in total. The monoisotopic (exact) mass is 253 g/mol. The van der Waals surface area contributed by atoms with E-state index < -0.39 is 0 Å². The van der Waals surface area contributed by atoms with Gasteiger partial charge in [-0.1, -0.05) is 23.7 Å². The molecule has 18 heavy (non-hydrogen) atoms. The Morgan fingerprint density at radius 1 is 0.944 bits per heavy atom. The molecule has 1 N–H and O–H groups in total. The number of nitrogens with zero attached hydrogens (tertiary/aromatic N) is 2. The third kappa shape index (κ3) is 1.31. The molecular formula is C14H8ClN3. The van der Waals surface area contributed by atoms with E-state index >= 15 is 0 Å². The molecule has 2 heterocycles. The zero-order chi connectivity index (χ0) is 12.1. The number of nitrogens with one attached hydrogen (secondary N) is 1. The first-order chi connectivity index (χ1) is 8.81. The molecule has 0 saturated heterocycles. The van der Waals surface area contributed by atoms with Gasteiger partial charge < -0.3 is 4.98 Å². The van der Waals surface area contributed by atoms with E-state index in [1.165, 1.54) is 0 Å². The highest BCUT2D eigenvalue weighted by Crippen LogP contribution is 2.26. The van der Waals surface area contributed by atoms with Gasteiger partial charge in [-0.05, 0) is 30.3 Å². The summed E-state index contributed by atoms with van der Waals surface area (Å²) >= 11 is 6.03. The fraction of sp³-hybridized carbons (Fsp3) is 0. The molecule has 0 amide bonds. The Morgan fingerprint density at radius 2 is 1.72 bits per heavy atom. The maximum atomic E-state index is 6.03. The van der Waals surface area contributed by atoms with Gasteiger partial charge in [0.25, 0.3) is 0 Å². The highest BCUT2D eigenvalue weighted by Gasteiger charge is 2.08. The molecule has 2 aromatic carbocycles. The van der Waals surface area contributed by atoms with Crippen LogP contribution in [-0.2, 0) is 0 Å². The van der Waals surface area contributed by atoms with Crippen molar-refractivity contribution < 1.29 is 0 Å². The number of rotatable bonds is 0. The fourth-order valence-electron chi connectivity index (χ4n) is 2.22. The van der Waals surface area contributed by atoms with Crippen molar-refractivity contribution in [1.29, 1.82) is 0 Å².